The van der Waals surface area contributed by atoms with Gasteiger partial charge in [0, 0.05) is 33.6 Å². The first-order valence-corrected chi connectivity index (χ1v) is 8.82. The molecule has 1 aromatic carbocycles. The third-order valence-electron chi connectivity index (χ3n) is 3.85. The summed E-state index contributed by atoms with van der Waals surface area (Å²) in [4.78, 5) is 27.6. The van der Waals surface area contributed by atoms with Gasteiger partial charge in [0.2, 0.25) is 0 Å². The molecule has 2 aromatic rings. The van der Waals surface area contributed by atoms with Gasteiger partial charge in [0.25, 0.3) is 11.8 Å². The number of likely N-dealkylation sites (N-methyl/N-ethyl adjacent to an activating group) is 1. The number of carbonyl (C=O) groups excluding carboxylic acids is 2. The van der Waals surface area contributed by atoms with Crippen LogP contribution in [-0.2, 0) is 13.0 Å². The summed E-state index contributed by atoms with van der Waals surface area (Å²) < 4.78 is 0. The predicted molar refractivity (Wildman–Crippen MR) is 105 cm³/mol. The molecule has 0 fully saturated rings. The number of benzene rings is 1. The number of nitrogens with two attached hydrogens (primary N) is 1. The summed E-state index contributed by atoms with van der Waals surface area (Å²) in [7, 11) is 2.01. The lowest BCUT2D eigenvalue weighted by Crippen LogP contribution is -2.27. The van der Waals surface area contributed by atoms with Gasteiger partial charge in [-0.25, -0.2) is 0 Å². The number of halogens is 3. The van der Waals surface area contributed by atoms with E-state index in [0.29, 0.717) is 26.2 Å². The molecule has 5 nitrogen and oxygen atoms in total. The van der Waals surface area contributed by atoms with Crippen LogP contribution in [0.5, 0.6) is 0 Å². The van der Waals surface area contributed by atoms with Crippen molar-refractivity contribution >= 4 is 63.8 Å². The molecule has 0 aliphatic carbocycles. The van der Waals surface area contributed by atoms with Crippen molar-refractivity contribution < 1.29 is 9.59 Å². The van der Waals surface area contributed by atoms with E-state index in [1.54, 1.807) is 6.07 Å². The molecule has 2 heterocycles. The zero-order valence-corrected chi connectivity index (χ0v) is 16.4. The van der Waals surface area contributed by atoms with Crippen molar-refractivity contribution in [1.29, 1.82) is 0 Å². The lowest BCUT2D eigenvalue weighted by atomic mass is 10.0. The van der Waals surface area contributed by atoms with Gasteiger partial charge in [-0.05, 0) is 37.2 Å². The molecule has 9 heteroatoms. The zero-order chi connectivity index (χ0) is 17.4. The molecule has 25 heavy (non-hydrogen) atoms. The summed E-state index contributed by atoms with van der Waals surface area (Å²) in [6.45, 7) is 1.58. The van der Waals surface area contributed by atoms with Gasteiger partial charge in [-0.15, -0.1) is 23.7 Å². The molecule has 2 amide bonds. The standard InChI is InChI=1S/C16H15Cl2N3O2S.ClH/c1-21-3-2-11-12(7-21)24-16(13(11)14(19)22)20-15(23)8-4-9(17)6-10(18)5-8;/h4-6H,2-3,7H2,1H3,(H2,19,22)(H,20,23);1H. The van der Waals surface area contributed by atoms with Crippen molar-refractivity contribution in [2.24, 2.45) is 5.73 Å². The SMILES string of the molecule is CN1CCc2c(sc(NC(=O)c3cc(Cl)cc(Cl)c3)c2C(N)=O)C1.Cl. The number of rotatable bonds is 3. The number of primary amides is 1. The molecule has 3 rings (SSSR count). The van der Waals surface area contributed by atoms with E-state index >= 15 is 0 Å². The van der Waals surface area contributed by atoms with Crippen molar-refractivity contribution in [2.75, 3.05) is 18.9 Å². The maximum Gasteiger partial charge on any atom is 0.256 e. The number of thiophene rings is 1. The summed E-state index contributed by atoms with van der Waals surface area (Å²) in [6.07, 6.45) is 0.736. The van der Waals surface area contributed by atoms with Crippen LogP contribution in [0.4, 0.5) is 5.00 Å². The molecule has 0 spiro atoms. The van der Waals surface area contributed by atoms with Crippen LogP contribution in [0.1, 0.15) is 31.2 Å². The minimum absolute atomic E-state index is 0. The topological polar surface area (TPSA) is 75.4 Å². The van der Waals surface area contributed by atoms with Gasteiger partial charge < -0.3 is 16.0 Å². The predicted octanol–water partition coefficient (Wildman–Crippen LogP) is 3.82. The Hall–Kier alpha value is -1.31. The van der Waals surface area contributed by atoms with Gasteiger partial charge in [-0.3, -0.25) is 9.59 Å². The van der Waals surface area contributed by atoms with Gasteiger partial charge in [0.1, 0.15) is 5.00 Å². The number of carbonyl (C=O) groups is 2. The van der Waals surface area contributed by atoms with Crippen molar-refractivity contribution in [3.8, 4) is 0 Å². The molecule has 134 valence electrons. The van der Waals surface area contributed by atoms with Crippen molar-refractivity contribution in [3.63, 3.8) is 0 Å². The van der Waals surface area contributed by atoms with Crippen molar-refractivity contribution in [1.82, 2.24) is 4.90 Å². The highest BCUT2D eigenvalue weighted by Crippen LogP contribution is 2.37. The van der Waals surface area contributed by atoms with E-state index in [1.165, 1.54) is 23.5 Å². The van der Waals surface area contributed by atoms with Crippen LogP contribution in [0.25, 0.3) is 0 Å². The van der Waals surface area contributed by atoms with E-state index in [-0.39, 0.29) is 18.3 Å². The van der Waals surface area contributed by atoms with Gasteiger partial charge in [0.15, 0.2) is 0 Å². The summed E-state index contributed by atoms with van der Waals surface area (Å²) in [5.74, 6) is -0.912. The highest BCUT2D eigenvalue weighted by Gasteiger charge is 2.26. The molecular weight excluding hydrogens is 405 g/mol. The molecule has 0 saturated heterocycles. The summed E-state index contributed by atoms with van der Waals surface area (Å²) in [5, 5.41) is 3.99. The average Bonchev–Trinajstić information content (AvgIpc) is 2.83. The van der Waals surface area contributed by atoms with E-state index in [1.807, 2.05) is 7.05 Å². The second-order valence-corrected chi connectivity index (χ2v) is 7.65. The third kappa shape index (κ3) is 4.27. The average molecular weight is 421 g/mol. The third-order valence-corrected chi connectivity index (χ3v) is 5.41. The molecule has 3 N–H and O–H groups in total. The zero-order valence-electron chi connectivity index (χ0n) is 13.3. The van der Waals surface area contributed by atoms with Crippen LogP contribution in [-0.4, -0.2) is 30.3 Å². The lowest BCUT2D eigenvalue weighted by molar-refractivity contribution is 0.1000. The van der Waals surface area contributed by atoms with Gasteiger partial charge in [-0.1, -0.05) is 23.2 Å². The van der Waals surface area contributed by atoms with Crippen molar-refractivity contribution in [2.45, 2.75) is 13.0 Å². The van der Waals surface area contributed by atoms with Crippen LogP contribution in [0.3, 0.4) is 0 Å². The van der Waals surface area contributed by atoms with Crippen molar-refractivity contribution in [3.05, 3.63) is 49.8 Å². The quantitative estimate of drug-likeness (QED) is 0.792. The Morgan fingerprint density at radius 3 is 2.48 bits per heavy atom. The Balaban J connectivity index is 0.00000225. The molecule has 1 aliphatic heterocycles. The second-order valence-electron chi connectivity index (χ2n) is 5.67. The number of hydrogen-bond donors (Lipinski definition) is 2. The minimum atomic E-state index is -0.531. The number of nitrogens with one attached hydrogen (secondary N) is 1. The maximum absolute atomic E-state index is 12.5. The maximum atomic E-state index is 12.5. The monoisotopic (exact) mass is 419 g/mol. The molecule has 0 radical (unpaired) electrons. The highest BCUT2D eigenvalue weighted by molar-refractivity contribution is 7.17. The molecule has 1 aromatic heterocycles. The van der Waals surface area contributed by atoms with Crippen LogP contribution < -0.4 is 11.1 Å². The molecular formula is C16H16Cl3N3O2S. The van der Waals surface area contributed by atoms with E-state index in [0.717, 1.165) is 30.0 Å². The fraction of sp³-hybridized carbons (Fsp3) is 0.250. The first-order valence-electron chi connectivity index (χ1n) is 7.25. The van der Waals surface area contributed by atoms with E-state index in [9.17, 15) is 9.59 Å². The fourth-order valence-electron chi connectivity index (χ4n) is 2.74. The largest absolute Gasteiger partial charge is 0.365 e. The Kier molecular flexibility index (Phi) is 6.35. The summed E-state index contributed by atoms with van der Waals surface area (Å²) >= 11 is 13.3. The van der Waals surface area contributed by atoms with E-state index in [4.69, 9.17) is 28.9 Å². The molecule has 0 saturated carbocycles. The summed E-state index contributed by atoms with van der Waals surface area (Å²) in [5.41, 5.74) is 7.21. The number of anilines is 1. The summed E-state index contributed by atoms with van der Waals surface area (Å²) in [6, 6.07) is 4.59. The van der Waals surface area contributed by atoms with Crippen LogP contribution >= 0.6 is 46.9 Å². The number of fused-ring (bicyclic) bond motifs is 1. The van der Waals surface area contributed by atoms with Gasteiger partial charge >= 0.3 is 0 Å². The second kappa shape index (κ2) is 7.93. The lowest BCUT2D eigenvalue weighted by Gasteiger charge is -2.22. The first-order chi connectivity index (χ1) is 11.3. The normalized spacial score (nSPS) is 13.7. The Morgan fingerprint density at radius 1 is 1.24 bits per heavy atom. The Morgan fingerprint density at radius 2 is 1.88 bits per heavy atom. The molecule has 0 atom stereocenters. The smallest absolute Gasteiger partial charge is 0.256 e. The molecule has 0 bridgehead atoms. The Labute approximate surface area is 165 Å². The number of hydrogen-bond acceptors (Lipinski definition) is 4. The number of amides is 2. The number of nitrogens with zero attached hydrogens (tertiary/aromatic N) is 1. The van der Waals surface area contributed by atoms with Crippen LogP contribution in [0, 0.1) is 0 Å². The van der Waals surface area contributed by atoms with Crippen LogP contribution in [0.2, 0.25) is 10.0 Å². The molecule has 0 unspecified atom stereocenters. The van der Waals surface area contributed by atoms with Crippen LogP contribution in [0.15, 0.2) is 18.2 Å². The first kappa shape index (κ1) is 20.0. The van der Waals surface area contributed by atoms with E-state index < -0.39 is 5.91 Å². The van der Waals surface area contributed by atoms with E-state index in [2.05, 4.69) is 10.2 Å². The minimum Gasteiger partial charge on any atom is -0.365 e. The highest BCUT2D eigenvalue weighted by atomic mass is 35.5. The Bertz CT molecular complexity index is 818. The van der Waals surface area contributed by atoms with Gasteiger partial charge in [0.05, 0.1) is 5.56 Å². The van der Waals surface area contributed by atoms with Gasteiger partial charge in [-0.2, -0.15) is 0 Å². The molecule has 1 aliphatic rings. The fourth-order valence-corrected chi connectivity index (χ4v) is 4.59.